The highest BCUT2D eigenvalue weighted by atomic mass is 16.5. The van der Waals surface area contributed by atoms with Gasteiger partial charge in [-0.05, 0) is 48.5 Å². The van der Waals surface area contributed by atoms with Crippen molar-refractivity contribution in [2.45, 2.75) is 6.54 Å². The monoisotopic (exact) mass is 450 g/mol. The maximum absolute atomic E-state index is 12.7. The largest absolute Gasteiger partial charge is 0.497 e. The summed E-state index contributed by atoms with van der Waals surface area (Å²) < 4.78 is 6.92. The van der Waals surface area contributed by atoms with Gasteiger partial charge in [0, 0.05) is 34.0 Å². The molecule has 4 aromatic rings. The van der Waals surface area contributed by atoms with Gasteiger partial charge < -0.3 is 19.9 Å². The fraction of sp³-hybridized carbons (Fsp3) is 0.0741. The van der Waals surface area contributed by atoms with E-state index in [4.69, 9.17) is 4.74 Å². The molecule has 0 saturated carbocycles. The van der Waals surface area contributed by atoms with Crippen molar-refractivity contribution in [3.05, 3.63) is 96.2 Å². The number of nitrogens with one attached hydrogen (secondary N) is 2. The predicted octanol–water partition coefficient (Wildman–Crippen LogP) is 4.83. The zero-order chi connectivity index (χ0) is 23.9. The van der Waals surface area contributed by atoms with E-state index in [9.17, 15) is 14.9 Å². The highest BCUT2D eigenvalue weighted by molar-refractivity contribution is 6.10. The average molecular weight is 450 g/mol. The molecular weight excluding hydrogens is 428 g/mol. The number of fused-ring (bicyclic) bond motifs is 1. The van der Waals surface area contributed by atoms with Gasteiger partial charge in [0.05, 0.1) is 7.11 Å². The number of carbonyl (C=O) groups is 2. The number of para-hydroxylation sites is 2. The number of carbonyl (C=O) groups excluding carboxylic acids is 2. The van der Waals surface area contributed by atoms with Gasteiger partial charge in [0.1, 0.15) is 23.9 Å². The summed E-state index contributed by atoms with van der Waals surface area (Å²) in [6.45, 7) is 0.0865. The lowest BCUT2D eigenvalue weighted by Crippen LogP contribution is -2.18. The van der Waals surface area contributed by atoms with Crippen molar-refractivity contribution < 1.29 is 14.3 Å². The second-order valence-electron chi connectivity index (χ2n) is 7.50. The van der Waals surface area contributed by atoms with E-state index in [2.05, 4.69) is 10.6 Å². The molecule has 7 nitrogen and oxygen atoms in total. The van der Waals surface area contributed by atoms with Crippen LogP contribution in [0.5, 0.6) is 5.75 Å². The van der Waals surface area contributed by atoms with Crippen LogP contribution in [0.4, 0.5) is 11.4 Å². The van der Waals surface area contributed by atoms with E-state index in [1.54, 1.807) is 42.1 Å². The lowest BCUT2D eigenvalue weighted by molar-refractivity contribution is -0.116. The van der Waals surface area contributed by atoms with Crippen LogP contribution in [0.1, 0.15) is 5.56 Å². The third-order valence-electron chi connectivity index (χ3n) is 5.20. The molecule has 168 valence electrons. The summed E-state index contributed by atoms with van der Waals surface area (Å²) in [5.74, 6) is -0.0373. The normalized spacial score (nSPS) is 11.0. The minimum atomic E-state index is -0.522. The number of benzene rings is 3. The Morgan fingerprint density at radius 1 is 0.941 bits per heavy atom. The molecule has 0 saturated heterocycles. The van der Waals surface area contributed by atoms with E-state index in [0.29, 0.717) is 22.7 Å². The van der Waals surface area contributed by atoms with Crippen molar-refractivity contribution in [2.24, 2.45) is 0 Å². The first-order valence-electron chi connectivity index (χ1n) is 10.6. The number of methoxy groups -OCH3 is 1. The molecule has 2 N–H and O–H groups in total. The van der Waals surface area contributed by atoms with Gasteiger partial charge in [-0.2, -0.15) is 5.26 Å². The molecule has 0 spiro atoms. The van der Waals surface area contributed by atoms with Crippen molar-refractivity contribution >= 4 is 40.2 Å². The Kier molecular flexibility index (Phi) is 6.70. The maximum Gasteiger partial charge on any atom is 0.266 e. The molecule has 0 bridgehead atoms. The zero-order valence-corrected chi connectivity index (χ0v) is 18.5. The molecule has 0 aliphatic rings. The molecule has 0 aliphatic carbocycles. The fourth-order valence-electron chi connectivity index (χ4n) is 3.57. The number of anilines is 2. The van der Waals surface area contributed by atoms with E-state index >= 15 is 0 Å². The van der Waals surface area contributed by atoms with Crippen molar-refractivity contribution in [1.82, 2.24) is 4.57 Å². The van der Waals surface area contributed by atoms with Gasteiger partial charge in [0.15, 0.2) is 0 Å². The number of amides is 2. The summed E-state index contributed by atoms with van der Waals surface area (Å²) >= 11 is 0. The Bertz CT molecular complexity index is 1400. The van der Waals surface area contributed by atoms with E-state index in [0.717, 1.165) is 10.9 Å². The van der Waals surface area contributed by atoms with Crippen LogP contribution in [0.3, 0.4) is 0 Å². The van der Waals surface area contributed by atoms with Crippen LogP contribution >= 0.6 is 0 Å². The SMILES string of the molecule is COc1ccc(NC(=O)/C(C#N)=C\c2cn(CC(=O)Nc3ccccc3)c3ccccc23)cc1. The molecule has 4 rings (SSSR count). The summed E-state index contributed by atoms with van der Waals surface area (Å²) in [5.41, 5.74) is 2.71. The van der Waals surface area contributed by atoms with E-state index in [-0.39, 0.29) is 18.0 Å². The van der Waals surface area contributed by atoms with Gasteiger partial charge in [0.2, 0.25) is 5.91 Å². The van der Waals surface area contributed by atoms with E-state index in [1.165, 1.54) is 6.08 Å². The topological polar surface area (TPSA) is 96.2 Å². The molecule has 0 unspecified atom stereocenters. The molecule has 34 heavy (non-hydrogen) atoms. The van der Waals surface area contributed by atoms with Crippen molar-refractivity contribution in [2.75, 3.05) is 17.7 Å². The van der Waals surface area contributed by atoms with Crippen LogP contribution in [0.25, 0.3) is 17.0 Å². The summed E-state index contributed by atoms with van der Waals surface area (Å²) in [7, 11) is 1.56. The number of nitrogens with zero attached hydrogens (tertiary/aromatic N) is 2. The number of rotatable bonds is 7. The quantitative estimate of drug-likeness (QED) is 0.311. The van der Waals surface area contributed by atoms with Gasteiger partial charge in [-0.25, -0.2) is 0 Å². The van der Waals surface area contributed by atoms with Crippen molar-refractivity contribution in [1.29, 1.82) is 5.26 Å². The summed E-state index contributed by atoms with van der Waals surface area (Å²) in [6.07, 6.45) is 3.31. The first-order chi connectivity index (χ1) is 16.6. The lowest BCUT2D eigenvalue weighted by Gasteiger charge is -2.07. The minimum Gasteiger partial charge on any atom is -0.497 e. The minimum absolute atomic E-state index is 0.0486. The molecule has 3 aromatic carbocycles. The average Bonchev–Trinajstić information content (AvgIpc) is 3.20. The first-order valence-corrected chi connectivity index (χ1v) is 10.6. The van der Waals surface area contributed by atoms with Crippen LogP contribution in [-0.4, -0.2) is 23.5 Å². The molecule has 0 aliphatic heterocycles. The van der Waals surface area contributed by atoms with Gasteiger partial charge in [-0.1, -0.05) is 36.4 Å². The van der Waals surface area contributed by atoms with Crippen molar-refractivity contribution in [3.8, 4) is 11.8 Å². The summed E-state index contributed by atoms with van der Waals surface area (Å²) in [6, 6.07) is 25.6. The van der Waals surface area contributed by atoms with Crippen LogP contribution < -0.4 is 15.4 Å². The second kappa shape index (κ2) is 10.2. The molecule has 2 amide bonds. The molecule has 7 heteroatoms. The first kappa shape index (κ1) is 22.4. The second-order valence-corrected chi connectivity index (χ2v) is 7.50. The maximum atomic E-state index is 12.7. The van der Waals surface area contributed by atoms with E-state index in [1.807, 2.05) is 60.7 Å². The molecule has 0 atom stereocenters. The predicted molar refractivity (Wildman–Crippen MR) is 132 cm³/mol. The van der Waals surface area contributed by atoms with Gasteiger partial charge in [-0.3, -0.25) is 9.59 Å². The Hall–Kier alpha value is -4.83. The van der Waals surface area contributed by atoms with Gasteiger partial charge in [0.25, 0.3) is 5.91 Å². The van der Waals surface area contributed by atoms with Crippen LogP contribution in [-0.2, 0) is 16.1 Å². The number of ether oxygens (including phenoxy) is 1. The van der Waals surface area contributed by atoms with E-state index < -0.39 is 5.91 Å². The Labute approximate surface area is 196 Å². The third kappa shape index (κ3) is 5.14. The highest BCUT2D eigenvalue weighted by Gasteiger charge is 2.14. The van der Waals surface area contributed by atoms with Crippen molar-refractivity contribution in [3.63, 3.8) is 0 Å². The lowest BCUT2D eigenvalue weighted by atomic mass is 10.1. The Balaban J connectivity index is 1.58. The number of hydrogen-bond donors (Lipinski definition) is 2. The summed E-state index contributed by atoms with van der Waals surface area (Å²) in [5, 5.41) is 16.1. The van der Waals surface area contributed by atoms with Gasteiger partial charge in [-0.15, -0.1) is 0 Å². The fourth-order valence-corrected chi connectivity index (χ4v) is 3.57. The molecule has 0 fully saturated rings. The smallest absolute Gasteiger partial charge is 0.266 e. The van der Waals surface area contributed by atoms with Crippen LogP contribution in [0.2, 0.25) is 0 Å². The molecular formula is C27H22N4O3. The Morgan fingerprint density at radius 2 is 1.62 bits per heavy atom. The van der Waals surface area contributed by atoms with Crippen LogP contribution in [0.15, 0.2) is 90.6 Å². The van der Waals surface area contributed by atoms with Crippen LogP contribution in [0, 0.1) is 11.3 Å². The molecule has 0 radical (unpaired) electrons. The number of hydrogen-bond acceptors (Lipinski definition) is 4. The Morgan fingerprint density at radius 3 is 2.32 bits per heavy atom. The standard InChI is InChI=1S/C27H22N4O3/c1-34-23-13-11-22(12-14-23)30-27(33)19(16-28)15-20-17-31(25-10-6-5-9-24(20)25)18-26(32)29-21-7-3-2-4-8-21/h2-15,17H,18H2,1H3,(H,29,32)(H,30,33)/b19-15-. The summed E-state index contributed by atoms with van der Waals surface area (Å²) in [4.78, 5) is 25.3. The molecule has 1 aromatic heterocycles. The zero-order valence-electron chi connectivity index (χ0n) is 18.5. The number of aromatic nitrogens is 1. The van der Waals surface area contributed by atoms with Gasteiger partial charge >= 0.3 is 0 Å². The molecule has 1 heterocycles. The highest BCUT2D eigenvalue weighted by Crippen LogP contribution is 2.24. The third-order valence-corrected chi connectivity index (χ3v) is 5.20. The number of nitriles is 1.